The number of sulfonamides is 1. The molecule has 37 heavy (non-hydrogen) atoms. The van der Waals surface area contributed by atoms with Crippen LogP contribution in [0.4, 0.5) is 11.4 Å². The number of carbonyl (C=O) groups excluding carboxylic acids is 2. The first-order valence-electron chi connectivity index (χ1n) is 10.9. The number of nitrogens with one attached hydrogen (secondary N) is 1. The first kappa shape index (κ1) is 26.1. The molecule has 0 fully saturated rings. The Hall–Kier alpha value is -3.96. The number of ether oxygens (including phenoxy) is 4. The molecule has 0 saturated carbocycles. The van der Waals surface area contributed by atoms with E-state index in [0.29, 0.717) is 17.2 Å². The molecule has 3 aromatic carbocycles. The Kier molecular flexibility index (Phi) is 7.74. The van der Waals surface area contributed by atoms with Crippen molar-refractivity contribution in [2.24, 2.45) is 0 Å². The minimum absolute atomic E-state index is 0.0128. The predicted molar refractivity (Wildman–Crippen MR) is 136 cm³/mol. The van der Waals surface area contributed by atoms with E-state index in [-0.39, 0.29) is 34.5 Å². The Morgan fingerprint density at radius 1 is 1.08 bits per heavy atom. The second-order valence-corrected chi connectivity index (χ2v) is 9.91. The molecule has 3 aromatic rings. The minimum Gasteiger partial charge on any atom is -0.495 e. The third kappa shape index (κ3) is 5.89. The number of carbonyl (C=O) groups is 2. The van der Waals surface area contributed by atoms with Crippen LogP contribution in [-0.2, 0) is 24.3 Å². The highest BCUT2D eigenvalue weighted by atomic mass is 35.5. The summed E-state index contributed by atoms with van der Waals surface area (Å²) in [6.45, 7) is -0.388. The quantitative estimate of drug-likeness (QED) is 0.426. The van der Waals surface area contributed by atoms with Gasteiger partial charge in [-0.05, 0) is 54.6 Å². The number of hydrogen-bond donors (Lipinski definition) is 1. The fourth-order valence-corrected chi connectivity index (χ4v) is 4.91. The fraction of sp³-hybridized carbons (Fsp3) is 0.200. The van der Waals surface area contributed by atoms with E-state index in [1.165, 1.54) is 55.5 Å². The van der Waals surface area contributed by atoms with E-state index in [9.17, 15) is 18.0 Å². The molecule has 0 bridgehead atoms. The number of anilines is 2. The number of esters is 1. The lowest BCUT2D eigenvalue weighted by atomic mass is 10.2. The van der Waals surface area contributed by atoms with Gasteiger partial charge in [0.1, 0.15) is 17.2 Å². The van der Waals surface area contributed by atoms with Gasteiger partial charge in [-0.15, -0.1) is 0 Å². The van der Waals surface area contributed by atoms with Crippen LogP contribution in [0.5, 0.6) is 17.2 Å². The Bertz CT molecular complexity index is 1410. The highest BCUT2D eigenvalue weighted by Crippen LogP contribution is 2.33. The van der Waals surface area contributed by atoms with Crippen molar-refractivity contribution >= 4 is 44.9 Å². The van der Waals surface area contributed by atoms with Gasteiger partial charge in [-0.1, -0.05) is 23.7 Å². The number of fused-ring (bicyclic) bond motifs is 1. The Morgan fingerprint density at radius 2 is 1.81 bits per heavy atom. The lowest BCUT2D eigenvalue weighted by Gasteiger charge is -2.33. The average molecular weight is 547 g/mol. The van der Waals surface area contributed by atoms with Crippen LogP contribution in [0.25, 0.3) is 0 Å². The second-order valence-electron chi connectivity index (χ2n) is 7.82. The molecule has 12 heteroatoms. The van der Waals surface area contributed by atoms with Gasteiger partial charge in [-0.25, -0.2) is 13.2 Å². The maximum Gasteiger partial charge on any atom is 0.348 e. The SMILES string of the molecule is COC(=O)C1CN(C(=O)COc2ccc(S(=O)(=O)Nc3ccc(OC)c(Cl)c3)cc2)c2ccccc2O1. The molecule has 1 heterocycles. The molecule has 0 radical (unpaired) electrons. The molecular weight excluding hydrogens is 524 g/mol. The maximum atomic E-state index is 13.0. The number of methoxy groups -OCH3 is 2. The molecule has 4 rings (SSSR count). The molecule has 194 valence electrons. The number of para-hydroxylation sites is 2. The summed E-state index contributed by atoms with van der Waals surface area (Å²) in [7, 11) is -1.20. The number of amides is 1. The summed E-state index contributed by atoms with van der Waals surface area (Å²) in [4.78, 5) is 26.4. The van der Waals surface area contributed by atoms with Crippen LogP contribution >= 0.6 is 11.6 Å². The lowest BCUT2D eigenvalue weighted by Crippen LogP contribution is -2.48. The largest absolute Gasteiger partial charge is 0.495 e. The Balaban J connectivity index is 1.42. The van der Waals surface area contributed by atoms with Crippen LogP contribution in [0.3, 0.4) is 0 Å². The number of nitrogens with zero attached hydrogens (tertiary/aromatic N) is 1. The van der Waals surface area contributed by atoms with Crippen molar-refractivity contribution in [3.05, 3.63) is 71.8 Å². The van der Waals surface area contributed by atoms with Crippen molar-refractivity contribution in [1.29, 1.82) is 0 Å². The molecule has 10 nitrogen and oxygen atoms in total. The van der Waals surface area contributed by atoms with E-state index >= 15 is 0 Å². The van der Waals surface area contributed by atoms with Gasteiger partial charge in [0.2, 0.25) is 6.10 Å². The third-order valence-corrected chi connectivity index (χ3v) is 7.13. The second kappa shape index (κ2) is 11.0. The van der Waals surface area contributed by atoms with Gasteiger partial charge in [0.15, 0.2) is 6.61 Å². The minimum atomic E-state index is -3.90. The van der Waals surface area contributed by atoms with Crippen molar-refractivity contribution in [2.45, 2.75) is 11.0 Å². The third-order valence-electron chi connectivity index (χ3n) is 5.44. The lowest BCUT2D eigenvalue weighted by molar-refractivity contribution is -0.148. The van der Waals surface area contributed by atoms with Crippen molar-refractivity contribution in [1.82, 2.24) is 0 Å². The van der Waals surface area contributed by atoms with E-state index in [1.807, 2.05) is 0 Å². The predicted octanol–water partition coefficient (Wildman–Crippen LogP) is 3.50. The molecule has 0 spiro atoms. The molecule has 1 aliphatic heterocycles. The number of halogens is 1. The normalized spacial score (nSPS) is 14.7. The van der Waals surface area contributed by atoms with E-state index in [4.69, 9.17) is 30.5 Å². The molecule has 0 saturated heterocycles. The summed E-state index contributed by atoms with van der Waals surface area (Å²) >= 11 is 6.06. The number of benzene rings is 3. The summed E-state index contributed by atoms with van der Waals surface area (Å²) in [5.74, 6) is 0.0561. The highest BCUT2D eigenvalue weighted by Gasteiger charge is 2.34. The zero-order valence-corrected chi connectivity index (χ0v) is 21.4. The van der Waals surface area contributed by atoms with Crippen molar-refractivity contribution in [2.75, 3.05) is 37.0 Å². The molecule has 0 aromatic heterocycles. The van der Waals surface area contributed by atoms with Crippen LogP contribution in [-0.4, -0.2) is 53.8 Å². The monoisotopic (exact) mass is 546 g/mol. The van der Waals surface area contributed by atoms with Gasteiger partial charge in [0, 0.05) is 0 Å². The molecule has 1 aliphatic rings. The van der Waals surface area contributed by atoms with Gasteiger partial charge in [-0.3, -0.25) is 9.52 Å². The van der Waals surface area contributed by atoms with Gasteiger partial charge < -0.3 is 23.8 Å². The van der Waals surface area contributed by atoms with E-state index < -0.39 is 28.0 Å². The van der Waals surface area contributed by atoms with Crippen LogP contribution in [0.2, 0.25) is 5.02 Å². The molecule has 1 unspecified atom stereocenters. The van der Waals surface area contributed by atoms with Gasteiger partial charge in [0.25, 0.3) is 15.9 Å². The smallest absolute Gasteiger partial charge is 0.348 e. The van der Waals surface area contributed by atoms with Crippen LogP contribution in [0.1, 0.15) is 0 Å². The molecule has 1 amide bonds. The van der Waals surface area contributed by atoms with Gasteiger partial charge >= 0.3 is 5.97 Å². The number of hydrogen-bond acceptors (Lipinski definition) is 8. The first-order chi connectivity index (χ1) is 17.7. The van der Waals surface area contributed by atoms with E-state index in [0.717, 1.165) is 0 Å². The molecular formula is C25H23ClN2O8S. The summed E-state index contributed by atoms with van der Waals surface area (Å²) in [5.41, 5.74) is 0.773. The fourth-order valence-electron chi connectivity index (χ4n) is 3.61. The van der Waals surface area contributed by atoms with Crippen LogP contribution in [0, 0.1) is 0 Å². The summed E-state index contributed by atoms with van der Waals surface area (Å²) < 4.78 is 49.0. The van der Waals surface area contributed by atoms with Crippen molar-refractivity contribution < 1.29 is 37.0 Å². The molecule has 1 N–H and O–H groups in total. The Morgan fingerprint density at radius 3 is 2.49 bits per heavy atom. The summed E-state index contributed by atoms with van der Waals surface area (Å²) in [6.07, 6.45) is -0.971. The zero-order valence-electron chi connectivity index (χ0n) is 19.8. The van der Waals surface area contributed by atoms with Crippen LogP contribution in [0.15, 0.2) is 71.6 Å². The molecule has 0 aliphatic carbocycles. The van der Waals surface area contributed by atoms with Crippen molar-refractivity contribution in [3.8, 4) is 17.2 Å². The number of rotatable bonds is 8. The summed E-state index contributed by atoms with van der Waals surface area (Å²) in [6, 6.07) is 16.9. The summed E-state index contributed by atoms with van der Waals surface area (Å²) in [5, 5.41) is 0.261. The van der Waals surface area contributed by atoms with Gasteiger partial charge in [0.05, 0.1) is 42.1 Å². The van der Waals surface area contributed by atoms with Crippen LogP contribution < -0.4 is 23.8 Å². The zero-order chi connectivity index (χ0) is 26.6. The standard InChI is InChI=1S/C25H23ClN2O8S/c1-33-21-12-7-16(13-19(21)26)27-37(31,32)18-10-8-17(9-11-18)35-15-24(29)28-14-23(25(30)34-2)36-22-6-4-3-5-20(22)28/h3-13,23,27H,14-15H2,1-2H3. The molecule has 1 atom stereocenters. The first-order valence-corrected chi connectivity index (χ1v) is 12.8. The van der Waals surface area contributed by atoms with E-state index in [1.54, 1.807) is 30.3 Å². The van der Waals surface area contributed by atoms with Gasteiger partial charge in [-0.2, -0.15) is 0 Å². The average Bonchev–Trinajstić information content (AvgIpc) is 2.90. The topological polar surface area (TPSA) is 120 Å². The van der Waals surface area contributed by atoms with E-state index in [2.05, 4.69) is 4.72 Å². The highest BCUT2D eigenvalue weighted by molar-refractivity contribution is 7.92. The van der Waals surface area contributed by atoms with Crippen molar-refractivity contribution in [3.63, 3.8) is 0 Å². The maximum absolute atomic E-state index is 13.0. The Labute approximate surface area is 218 Å².